The van der Waals surface area contributed by atoms with E-state index in [1.54, 1.807) is 18.2 Å². The number of para-hydroxylation sites is 1. The Hall–Kier alpha value is -1.22. The molecule has 0 aliphatic heterocycles. The molecule has 0 unspecified atom stereocenters. The van der Waals surface area contributed by atoms with E-state index in [9.17, 15) is 14.9 Å². The van der Waals surface area contributed by atoms with Crippen molar-refractivity contribution in [2.24, 2.45) is 0 Å². The smallest absolute Gasteiger partial charge is 0.302 e. The largest absolute Gasteiger partial charge is 1.00 e. The van der Waals surface area contributed by atoms with E-state index in [-0.39, 0.29) is 40.6 Å². The lowest BCUT2D eigenvalue weighted by Gasteiger charge is -2.29. The van der Waals surface area contributed by atoms with Gasteiger partial charge >= 0.3 is 5.97 Å². The fraction of sp³-hybridized carbons (Fsp3) is 0.462. The molecule has 0 bridgehead atoms. The minimum Gasteiger partial charge on any atom is -1.00 e. The summed E-state index contributed by atoms with van der Waals surface area (Å²) in [6, 6.07) is 6.69. The van der Waals surface area contributed by atoms with Crippen LogP contribution in [0.4, 0.5) is 5.69 Å². The normalized spacial score (nSPS) is 10.6. The maximum absolute atomic E-state index is 10.9. The van der Waals surface area contributed by atoms with E-state index in [4.69, 9.17) is 4.74 Å². The topological polar surface area (TPSA) is 69.4 Å². The fourth-order valence-corrected chi connectivity index (χ4v) is 1.80. The van der Waals surface area contributed by atoms with Crippen LogP contribution in [0.1, 0.15) is 12.5 Å². The molecule has 7 heteroatoms. The Morgan fingerprint density at radius 2 is 1.95 bits per heavy atom. The molecule has 6 nitrogen and oxygen atoms in total. The molecule has 0 aliphatic carbocycles. The minimum atomic E-state index is -0.374. The molecule has 0 saturated carbocycles. The Morgan fingerprint density at radius 1 is 1.35 bits per heavy atom. The number of carbonyl (C=O) groups excluding carboxylic acids is 1. The van der Waals surface area contributed by atoms with E-state index >= 15 is 0 Å². The molecule has 0 aromatic heterocycles. The van der Waals surface area contributed by atoms with Crippen LogP contribution in [0.5, 0.6) is 0 Å². The zero-order valence-electron chi connectivity index (χ0n) is 11.8. The Labute approximate surface area is 135 Å². The first-order valence-electron chi connectivity index (χ1n) is 5.99. The molecular formula is C13H19IN2O4. The maximum atomic E-state index is 10.9. The minimum absolute atomic E-state index is 0. The van der Waals surface area contributed by atoms with E-state index in [0.717, 1.165) is 0 Å². The Morgan fingerprint density at radius 3 is 2.50 bits per heavy atom. The van der Waals surface area contributed by atoms with Crippen molar-refractivity contribution in [3.05, 3.63) is 39.9 Å². The highest BCUT2D eigenvalue weighted by molar-refractivity contribution is 5.65. The molecule has 0 amide bonds. The van der Waals surface area contributed by atoms with Crippen molar-refractivity contribution in [1.29, 1.82) is 0 Å². The highest BCUT2D eigenvalue weighted by Crippen LogP contribution is 2.21. The van der Waals surface area contributed by atoms with Gasteiger partial charge in [-0.3, -0.25) is 14.9 Å². The molecule has 20 heavy (non-hydrogen) atoms. The van der Waals surface area contributed by atoms with Gasteiger partial charge < -0.3 is 33.2 Å². The van der Waals surface area contributed by atoms with Crippen molar-refractivity contribution in [2.75, 3.05) is 27.2 Å². The second-order valence-corrected chi connectivity index (χ2v) is 5.04. The Bertz CT molecular complexity index is 477. The molecule has 0 N–H and O–H groups in total. The van der Waals surface area contributed by atoms with Crippen LogP contribution in [0.2, 0.25) is 0 Å². The molecule has 1 rings (SSSR count). The van der Waals surface area contributed by atoms with Gasteiger partial charge in [-0.25, -0.2) is 0 Å². The predicted molar refractivity (Wildman–Crippen MR) is 70.4 cm³/mol. The van der Waals surface area contributed by atoms with Crippen LogP contribution < -0.4 is 24.0 Å². The van der Waals surface area contributed by atoms with Crippen molar-refractivity contribution in [3.8, 4) is 0 Å². The van der Waals surface area contributed by atoms with E-state index in [1.807, 2.05) is 14.1 Å². The number of nitrogens with zero attached hydrogens (tertiary/aromatic N) is 2. The molecule has 112 valence electrons. The van der Waals surface area contributed by atoms with Gasteiger partial charge in [0.1, 0.15) is 19.7 Å². The van der Waals surface area contributed by atoms with E-state index in [0.29, 0.717) is 29.7 Å². The molecule has 0 radical (unpaired) electrons. The highest BCUT2D eigenvalue weighted by atomic mass is 127. The number of hydrogen-bond donors (Lipinski definition) is 0. The molecule has 1 aromatic carbocycles. The molecule has 0 fully saturated rings. The first kappa shape index (κ1) is 18.8. The van der Waals surface area contributed by atoms with Crippen molar-refractivity contribution in [3.63, 3.8) is 0 Å². The predicted octanol–water partition coefficient (Wildman–Crippen LogP) is -1.26. The summed E-state index contributed by atoms with van der Waals surface area (Å²) in [6.45, 7) is 2.79. The van der Waals surface area contributed by atoms with Crippen molar-refractivity contribution in [1.82, 2.24) is 0 Å². The van der Waals surface area contributed by atoms with Crippen LogP contribution >= 0.6 is 0 Å². The number of halogens is 1. The number of benzene rings is 1. The summed E-state index contributed by atoms with van der Waals surface area (Å²) in [5.41, 5.74) is 0.807. The van der Waals surface area contributed by atoms with Crippen LogP contribution in [0, 0.1) is 10.1 Å². The average molecular weight is 394 g/mol. The number of hydrogen-bond acceptors (Lipinski definition) is 4. The van der Waals surface area contributed by atoms with E-state index in [1.165, 1.54) is 13.0 Å². The SMILES string of the molecule is CC(=O)OCC[N+](C)(C)Cc1ccccc1[N+](=O)[O-].[I-]. The van der Waals surface area contributed by atoms with E-state index in [2.05, 4.69) is 0 Å². The first-order valence-corrected chi connectivity index (χ1v) is 5.99. The summed E-state index contributed by atoms with van der Waals surface area (Å²) >= 11 is 0. The summed E-state index contributed by atoms with van der Waals surface area (Å²) in [6.07, 6.45) is 0. The van der Waals surface area contributed by atoms with Crippen LogP contribution in [0.25, 0.3) is 0 Å². The van der Waals surface area contributed by atoms with Gasteiger partial charge in [0.2, 0.25) is 0 Å². The van der Waals surface area contributed by atoms with E-state index < -0.39 is 0 Å². The van der Waals surface area contributed by atoms with Gasteiger partial charge in [0.15, 0.2) is 0 Å². The summed E-state index contributed by atoms with van der Waals surface area (Å²) < 4.78 is 5.42. The molecule has 0 atom stereocenters. The monoisotopic (exact) mass is 394 g/mol. The molecule has 0 aliphatic rings. The third-order valence-electron chi connectivity index (χ3n) is 2.79. The Balaban J connectivity index is 0.00000361. The number of ether oxygens (including phenoxy) is 1. The highest BCUT2D eigenvalue weighted by Gasteiger charge is 2.22. The number of carbonyl (C=O) groups is 1. The number of esters is 1. The number of nitro groups is 1. The number of rotatable bonds is 6. The van der Waals surface area contributed by atoms with Crippen LogP contribution in [-0.2, 0) is 16.1 Å². The molecule has 0 spiro atoms. The maximum Gasteiger partial charge on any atom is 0.302 e. The van der Waals surface area contributed by atoms with Gasteiger partial charge in [-0.1, -0.05) is 12.1 Å². The Kier molecular flexibility index (Phi) is 7.66. The molecule has 0 saturated heterocycles. The average Bonchev–Trinajstić information content (AvgIpc) is 2.27. The zero-order chi connectivity index (χ0) is 14.5. The van der Waals surface area contributed by atoms with Gasteiger partial charge in [-0.15, -0.1) is 0 Å². The van der Waals surface area contributed by atoms with Crippen molar-refractivity contribution in [2.45, 2.75) is 13.5 Å². The van der Waals surface area contributed by atoms with Gasteiger partial charge in [-0.2, -0.15) is 0 Å². The summed E-state index contributed by atoms with van der Waals surface area (Å²) in [5.74, 6) is -0.314. The van der Waals surface area contributed by atoms with Gasteiger partial charge in [0, 0.05) is 13.0 Å². The van der Waals surface area contributed by atoms with Crippen LogP contribution in [0.3, 0.4) is 0 Å². The summed E-state index contributed by atoms with van der Waals surface area (Å²) in [5, 5.41) is 10.9. The zero-order valence-corrected chi connectivity index (χ0v) is 14.0. The van der Waals surface area contributed by atoms with Gasteiger partial charge in [0.05, 0.1) is 24.6 Å². The second-order valence-electron chi connectivity index (χ2n) is 5.04. The van der Waals surface area contributed by atoms with Crippen LogP contribution in [-0.4, -0.2) is 42.6 Å². The molecule has 1 aromatic rings. The number of quaternary nitrogens is 1. The molecular weight excluding hydrogens is 375 g/mol. The number of likely N-dealkylation sites (N-methyl/N-ethyl adjacent to an activating group) is 1. The quantitative estimate of drug-likeness (QED) is 0.199. The second kappa shape index (κ2) is 8.15. The molecule has 0 heterocycles. The summed E-state index contributed by atoms with van der Waals surface area (Å²) in [4.78, 5) is 21.3. The van der Waals surface area contributed by atoms with Crippen molar-refractivity contribution >= 4 is 11.7 Å². The lowest BCUT2D eigenvalue weighted by molar-refractivity contribution is -0.903. The van der Waals surface area contributed by atoms with Gasteiger partial charge in [-0.05, 0) is 6.07 Å². The standard InChI is InChI=1S/C13H19N2O4.HI/c1-11(16)19-9-8-15(2,3)10-12-6-4-5-7-13(12)14(17)18;/h4-7H,8-10H2,1-3H3;1H/q+1;/p-1. The third kappa shape index (κ3) is 6.29. The first-order chi connectivity index (χ1) is 8.82. The number of nitro benzene ring substituents is 1. The van der Waals surface area contributed by atoms with Gasteiger partial charge in [0.25, 0.3) is 5.69 Å². The third-order valence-corrected chi connectivity index (χ3v) is 2.79. The summed E-state index contributed by atoms with van der Waals surface area (Å²) in [7, 11) is 3.89. The lowest BCUT2D eigenvalue weighted by Crippen LogP contribution is -3.00. The fourth-order valence-electron chi connectivity index (χ4n) is 1.80. The van der Waals surface area contributed by atoms with Crippen molar-refractivity contribution < 1.29 is 42.9 Å². The lowest BCUT2D eigenvalue weighted by atomic mass is 10.1. The van der Waals surface area contributed by atoms with Crippen LogP contribution in [0.15, 0.2) is 24.3 Å².